The van der Waals surface area contributed by atoms with Crippen LogP contribution in [0.4, 0.5) is 10.5 Å². The average Bonchev–Trinajstić information content (AvgIpc) is 3.15. The van der Waals surface area contributed by atoms with Crippen molar-refractivity contribution in [2.45, 2.75) is 6.92 Å². The smallest absolute Gasteiger partial charge is 0.290 e. The Morgan fingerprint density at radius 1 is 1.12 bits per heavy atom. The molecule has 2 N–H and O–H groups in total. The summed E-state index contributed by atoms with van der Waals surface area (Å²) in [5, 5.41) is 20.5. The summed E-state index contributed by atoms with van der Waals surface area (Å²) in [5.41, 5.74) is 6.01. The zero-order valence-electron chi connectivity index (χ0n) is 18.8. The van der Waals surface area contributed by atoms with Crippen LogP contribution in [0.25, 0.3) is 28.1 Å². The van der Waals surface area contributed by atoms with Crippen LogP contribution in [0.3, 0.4) is 0 Å². The van der Waals surface area contributed by atoms with Crippen LogP contribution in [0, 0.1) is 6.92 Å². The number of thioether (sulfide) groups is 1. The summed E-state index contributed by atoms with van der Waals surface area (Å²) in [7, 11) is 0. The Balaban J connectivity index is 1.45. The van der Waals surface area contributed by atoms with Crippen molar-refractivity contribution in [1.29, 1.82) is 0 Å². The second-order valence-corrected chi connectivity index (χ2v) is 9.46. The van der Waals surface area contributed by atoms with E-state index in [9.17, 15) is 9.59 Å². The lowest BCUT2D eigenvalue weighted by atomic mass is 9.98. The molecule has 174 valence electrons. The number of imide groups is 1. The maximum Gasteiger partial charge on any atom is 0.290 e. The predicted octanol–water partition coefficient (Wildman–Crippen LogP) is 3.04. The molecule has 2 aliphatic rings. The number of nitrogens with one attached hydrogen (secondary N) is 1. The van der Waals surface area contributed by atoms with E-state index in [2.05, 4.69) is 50.4 Å². The van der Waals surface area contributed by atoms with Gasteiger partial charge in [-0.05, 0) is 65.7 Å². The zero-order chi connectivity index (χ0) is 23.7. The predicted molar refractivity (Wildman–Crippen MR) is 135 cm³/mol. The third-order valence-corrected chi connectivity index (χ3v) is 7.05. The molecule has 0 radical (unpaired) electrons. The van der Waals surface area contributed by atoms with E-state index in [4.69, 9.17) is 5.11 Å². The lowest BCUT2D eigenvalue weighted by Gasteiger charge is -2.36. The number of hydrogen-bond donors (Lipinski definition) is 2. The number of carbonyl (C=O) groups is 2. The molecule has 0 aliphatic carbocycles. The molecule has 2 saturated heterocycles. The van der Waals surface area contributed by atoms with Gasteiger partial charge in [-0.1, -0.05) is 12.1 Å². The molecular weight excluding hydrogens is 450 g/mol. The molecular formula is C25H25N5O3S. The van der Waals surface area contributed by atoms with Crippen LogP contribution in [0.1, 0.15) is 11.1 Å². The number of hydrogen-bond acceptors (Lipinski definition) is 8. The molecule has 2 fully saturated rings. The molecule has 0 atom stereocenters. The molecule has 8 nitrogen and oxygen atoms in total. The molecule has 1 aromatic heterocycles. The second-order valence-electron chi connectivity index (χ2n) is 8.44. The number of aromatic nitrogens is 2. The number of aryl methyl sites for hydroxylation is 1. The van der Waals surface area contributed by atoms with E-state index in [0.29, 0.717) is 4.91 Å². The highest BCUT2D eigenvalue weighted by Gasteiger charge is 2.25. The summed E-state index contributed by atoms with van der Waals surface area (Å²) in [6.45, 7) is 6.81. The van der Waals surface area contributed by atoms with Gasteiger partial charge in [0.1, 0.15) is 0 Å². The van der Waals surface area contributed by atoms with Crippen molar-refractivity contribution in [3.63, 3.8) is 0 Å². The van der Waals surface area contributed by atoms with Gasteiger partial charge in [-0.15, -0.1) is 0 Å². The maximum atomic E-state index is 11.9. The first-order valence-electron chi connectivity index (χ1n) is 11.2. The summed E-state index contributed by atoms with van der Waals surface area (Å²) in [6.07, 6.45) is 3.49. The molecule has 0 bridgehead atoms. The van der Waals surface area contributed by atoms with Gasteiger partial charge in [0.25, 0.3) is 11.1 Å². The van der Waals surface area contributed by atoms with E-state index >= 15 is 0 Å². The topological polar surface area (TPSA) is 98.7 Å². The Labute approximate surface area is 201 Å². The van der Waals surface area contributed by atoms with Crippen molar-refractivity contribution < 1.29 is 14.7 Å². The Hall–Kier alpha value is -3.27. The minimum absolute atomic E-state index is 0.199. The van der Waals surface area contributed by atoms with Crippen molar-refractivity contribution in [2.24, 2.45) is 0 Å². The molecule has 5 rings (SSSR count). The first kappa shape index (κ1) is 22.5. The number of amides is 2. The minimum atomic E-state index is -0.369. The van der Waals surface area contributed by atoms with Gasteiger partial charge >= 0.3 is 0 Å². The normalized spacial score (nSPS) is 18.2. The average molecular weight is 476 g/mol. The van der Waals surface area contributed by atoms with Crippen LogP contribution in [0.2, 0.25) is 0 Å². The number of piperazine rings is 1. The Kier molecular flexibility index (Phi) is 6.32. The van der Waals surface area contributed by atoms with E-state index < -0.39 is 0 Å². The third kappa shape index (κ3) is 4.54. The van der Waals surface area contributed by atoms with Gasteiger partial charge in [-0.2, -0.15) is 10.2 Å². The van der Waals surface area contributed by atoms with Gasteiger partial charge < -0.3 is 10.0 Å². The fourth-order valence-corrected chi connectivity index (χ4v) is 5.18. The number of fused-ring (bicyclic) bond motifs is 1. The molecule has 2 amide bonds. The molecule has 0 saturated carbocycles. The van der Waals surface area contributed by atoms with Crippen molar-refractivity contribution in [2.75, 3.05) is 44.2 Å². The highest BCUT2D eigenvalue weighted by atomic mass is 32.2. The fraction of sp³-hybridized carbons (Fsp3) is 0.280. The molecule has 0 unspecified atom stereocenters. The number of anilines is 1. The Bertz CT molecular complexity index is 1300. The van der Waals surface area contributed by atoms with Gasteiger partial charge in [-0.3, -0.25) is 19.8 Å². The summed E-state index contributed by atoms with van der Waals surface area (Å²) >= 11 is 0.908. The van der Waals surface area contributed by atoms with Gasteiger partial charge in [0, 0.05) is 49.4 Å². The quantitative estimate of drug-likeness (QED) is 0.544. The molecule has 2 aromatic carbocycles. The monoisotopic (exact) mass is 475 g/mol. The molecule has 34 heavy (non-hydrogen) atoms. The molecule has 9 heteroatoms. The van der Waals surface area contributed by atoms with Crippen molar-refractivity contribution in [3.05, 3.63) is 58.6 Å². The number of aliphatic hydroxyl groups is 1. The van der Waals surface area contributed by atoms with E-state index in [1.807, 2.05) is 18.2 Å². The minimum Gasteiger partial charge on any atom is -0.395 e. The van der Waals surface area contributed by atoms with E-state index in [-0.39, 0.29) is 17.8 Å². The zero-order valence-corrected chi connectivity index (χ0v) is 19.6. The lowest BCUT2D eigenvalue weighted by Crippen LogP contribution is -2.47. The number of β-amino-alcohol motifs (C(OH)–C–C–N with tert-alkyl or cyclic N) is 1. The van der Waals surface area contributed by atoms with Crippen LogP contribution >= 0.6 is 11.8 Å². The number of aliphatic hydroxyl groups excluding tert-OH is 1. The maximum absolute atomic E-state index is 11.9. The van der Waals surface area contributed by atoms with Crippen LogP contribution < -0.4 is 10.2 Å². The van der Waals surface area contributed by atoms with E-state index in [0.717, 1.165) is 72.1 Å². The molecule has 3 heterocycles. The van der Waals surface area contributed by atoms with E-state index in [1.54, 1.807) is 12.3 Å². The van der Waals surface area contributed by atoms with Gasteiger partial charge in [0.2, 0.25) is 0 Å². The van der Waals surface area contributed by atoms with Crippen LogP contribution in [-0.4, -0.2) is 70.7 Å². The standard InChI is InChI=1S/C25H25N5O3S/c1-16-12-18(3-5-22(16)30-8-6-29(7-9-30)10-11-31)20-15-26-28-21-4-2-17(13-19(20)21)14-23-24(32)27-25(33)34-23/h2-5,12-15,31H,6-11H2,1H3,(H,27,32,33). The summed E-state index contributed by atoms with van der Waals surface area (Å²) in [6, 6.07) is 12.2. The Morgan fingerprint density at radius 3 is 2.65 bits per heavy atom. The van der Waals surface area contributed by atoms with Crippen LogP contribution in [0.15, 0.2) is 47.5 Å². The van der Waals surface area contributed by atoms with Gasteiger partial charge in [0.05, 0.1) is 23.2 Å². The number of benzene rings is 2. The number of nitrogens with zero attached hydrogens (tertiary/aromatic N) is 4. The summed E-state index contributed by atoms with van der Waals surface area (Å²) in [4.78, 5) is 28.5. The third-order valence-electron chi connectivity index (χ3n) is 6.24. The van der Waals surface area contributed by atoms with Crippen LogP contribution in [-0.2, 0) is 4.79 Å². The van der Waals surface area contributed by atoms with Gasteiger partial charge in [-0.25, -0.2) is 0 Å². The lowest BCUT2D eigenvalue weighted by molar-refractivity contribution is -0.115. The fourth-order valence-electron chi connectivity index (χ4n) is 4.50. The van der Waals surface area contributed by atoms with E-state index in [1.165, 1.54) is 11.3 Å². The second kappa shape index (κ2) is 9.54. The highest BCUT2D eigenvalue weighted by molar-refractivity contribution is 8.18. The molecule has 0 spiro atoms. The Morgan fingerprint density at radius 2 is 1.94 bits per heavy atom. The highest BCUT2D eigenvalue weighted by Crippen LogP contribution is 2.33. The van der Waals surface area contributed by atoms with Crippen LogP contribution in [0.5, 0.6) is 0 Å². The summed E-state index contributed by atoms with van der Waals surface area (Å²) in [5.74, 6) is -0.369. The van der Waals surface area contributed by atoms with Crippen molar-refractivity contribution >= 4 is 45.6 Å². The number of rotatable bonds is 5. The first-order chi connectivity index (χ1) is 16.5. The van der Waals surface area contributed by atoms with Crippen molar-refractivity contribution in [3.8, 4) is 11.1 Å². The summed E-state index contributed by atoms with van der Waals surface area (Å²) < 4.78 is 0. The first-order valence-corrected chi connectivity index (χ1v) is 12.0. The molecule has 3 aromatic rings. The largest absolute Gasteiger partial charge is 0.395 e. The van der Waals surface area contributed by atoms with Crippen molar-refractivity contribution in [1.82, 2.24) is 20.4 Å². The van der Waals surface area contributed by atoms with Gasteiger partial charge in [0.15, 0.2) is 0 Å². The number of carbonyl (C=O) groups excluding carboxylic acids is 2. The molecule has 2 aliphatic heterocycles. The SMILES string of the molecule is Cc1cc(-c2cnnc3ccc(C=C4SC(=O)NC4=O)cc23)ccc1N1CCN(CCO)CC1.